The zero-order chi connectivity index (χ0) is 15.4. The van der Waals surface area contributed by atoms with Crippen LogP contribution in [0.5, 0.6) is 0 Å². The van der Waals surface area contributed by atoms with Crippen molar-refractivity contribution in [3.63, 3.8) is 0 Å². The second-order valence-electron chi connectivity index (χ2n) is 5.06. The summed E-state index contributed by atoms with van der Waals surface area (Å²) < 4.78 is 2.15. The third-order valence-corrected chi connectivity index (χ3v) is 4.46. The van der Waals surface area contributed by atoms with E-state index in [4.69, 9.17) is 0 Å². The summed E-state index contributed by atoms with van der Waals surface area (Å²) in [6.45, 7) is 5.08. The van der Waals surface area contributed by atoms with Crippen LogP contribution in [0.25, 0.3) is 11.4 Å². The van der Waals surface area contributed by atoms with E-state index in [-0.39, 0.29) is 0 Å². The van der Waals surface area contributed by atoms with Gasteiger partial charge in [-0.2, -0.15) is 0 Å². The van der Waals surface area contributed by atoms with Crippen molar-refractivity contribution in [1.82, 2.24) is 19.7 Å². The lowest BCUT2D eigenvalue weighted by molar-refractivity contribution is 0.687. The Labute approximate surface area is 134 Å². The highest BCUT2D eigenvalue weighted by Gasteiger charge is 2.12. The smallest absolute Gasteiger partial charge is 0.191 e. The highest BCUT2D eigenvalue weighted by molar-refractivity contribution is 7.98. The molecule has 2 aromatic heterocycles. The molecule has 0 saturated heterocycles. The lowest BCUT2D eigenvalue weighted by Gasteiger charge is -2.07. The molecule has 0 aliphatic rings. The molecule has 0 spiro atoms. The molecule has 112 valence electrons. The van der Waals surface area contributed by atoms with Gasteiger partial charge in [-0.25, -0.2) is 0 Å². The monoisotopic (exact) mass is 310 g/mol. The average molecular weight is 310 g/mol. The highest BCUT2D eigenvalue weighted by Crippen LogP contribution is 2.26. The quantitative estimate of drug-likeness (QED) is 0.669. The van der Waals surface area contributed by atoms with Crippen molar-refractivity contribution in [1.29, 1.82) is 0 Å². The van der Waals surface area contributed by atoms with Gasteiger partial charge in [0.05, 0.1) is 0 Å². The molecule has 0 fully saturated rings. The fourth-order valence-electron chi connectivity index (χ4n) is 2.34. The first kappa shape index (κ1) is 14.8. The van der Waals surface area contributed by atoms with Crippen molar-refractivity contribution in [2.45, 2.75) is 31.3 Å². The van der Waals surface area contributed by atoms with Crippen molar-refractivity contribution >= 4 is 11.8 Å². The fraction of sp³-hybridized carbons (Fsp3) is 0.235. The van der Waals surface area contributed by atoms with E-state index in [1.165, 1.54) is 11.1 Å². The molecule has 4 nitrogen and oxygen atoms in total. The minimum absolute atomic E-state index is 0.848. The van der Waals surface area contributed by atoms with Gasteiger partial charge in [-0.05, 0) is 31.5 Å². The summed E-state index contributed by atoms with van der Waals surface area (Å²) in [5.41, 5.74) is 3.64. The number of thioether (sulfide) groups is 1. The second kappa shape index (κ2) is 6.75. The topological polar surface area (TPSA) is 43.6 Å². The van der Waals surface area contributed by atoms with E-state index < -0.39 is 0 Å². The number of rotatable bonds is 5. The predicted molar refractivity (Wildman–Crippen MR) is 89.7 cm³/mol. The summed E-state index contributed by atoms with van der Waals surface area (Å²) in [7, 11) is 0. The molecule has 0 saturated carbocycles. The molecule has 0 N–H and O–H groups in total. The van der Waals surface area contributed by atoms with Crippen LogP contribution in [0, 0.1) is 6.92 Å². The third-order valence-electron chi connectivity index (χ3n) is 3.42. The van der Waals surface area contributed by atoms with Crippen molar-refractivity contribution in [2.24, 2.45) is 0 Å². The second-order valence-corrected chi connectivity index (χ2v) is 6.01. The van der Waals surface area contributed by atoms with E-state index in [0.29, 0.717) is 0 Å². The number of aryl methyl sites for hydroxylation is 1. The number of hydrogen-bond donors (Lipinski definition) is 0. The van der Waals surface area contributed by atoms with Gasteiger partial charge in [0, 0.05) is 30.3 Å². The molecule has 1 aromatic carbocycles. The van der Waals surface area contributed by atoms with Crippen molar-refractivity contribution in [3.8, 4) is 11.4 Å². The Morgan fingerprint density at radius 3 is 2.64 bits per heavy atom. The first-order valence-corrected chi connectivity index (χ1v) is 8.28. The molecule has 0 radical (unpaired) electrons. The minimum Gasteiger partial charge on any atom is -0.302 e. The molecule has 3 aromatic rings. The molecule has 0 unspecified atom stereocenters. The van der Waals surface area contributed by atoms with Crippen molar-refractivity contribution in [2.75, 3.05) is 0 Å². The Hall–Kier alpha value is -2.14. The maximum absolute atomic E-state index is 4.36. The van der Waals surface area contributed by atoms with Gasteiger partial charge in [0.2, 0.25) is 0 Å². The SMILES string of the molecule is CCn1c(SCc2cccc(C)c2)nnc1-c1ccncc1. The maximum atomic E-state index is 4.36. The Balaban J connectivity index is 1.81. The Bertz CT molecular complexity index is 752. The first-order chi connectivity index (χ1) is 10.8. The summed E-state index contributed by atoms with van der Waals surface area (Å²) >= 11 is 1.72. The van der Waals surface area contributed by atoms with E-state index in [1.54, 1.807) is 24.2 Å². The van der Waals surface area contributed by atoms with E-state index in [2.05, 4.69) is 57.9 Å². The van der Waals surface area contributed by atoms with Gasteiger partial charge in [-0.1, -0.05) is 41.6 Å². The van der Waals surface area contributed by atoms with Crippen LogP contribution in [0.15, 0.2) is 53.9 Å². The standard InChI is InChI=1S/C17H18N4S/c1-3-21-16(15-7-9-18-10-8-15)19-20-17(21)22-12-14-6-4-5-13(2)11-14/h4-11H,3,12H2,1-2H3. The average Bonchev–Trinajstić information content (AvgIpc) is 2.97. The molecule has 0 atom stereocenters. The molecule has 3 rings (SSSR count). The Morgan fingerprint density at radius 1 is 1.09 bits per heavy atom. The fourth-order valence-corrected chi connectivity index (χ4v) is 3.29. The number of aromatic nitrogens is 4. The number of benzene rings is 1. The van der Waals surface area contributed by atoms with Crippen LogP contribution < -0.4 is 0 Å². The molecular formula is C17H18N4S. The molecule has 0 aliphatic carbocycles. The van der Waals surface area contributed by atoms with Crippen LogP contribution in [0.3, 0.4) is 0 Å². The van der Waals surface area contributed by atoms with Crippen LogP contribution in [-0.2, 0) is 12.3 Å². The predicted octanol–water partition coefficient (Wildman–Crippen LogP) is 3.96. The van der Waals surface area contributed by atoms with E-state index >= 15 is 0 Å². The lowest BCUT2D eigenvalue weighted by atomic mass is 10.2. The number of nitrogens with zero attached hydrogens (tertiary/aromatic N) is 4. The summed E-state index contributed by atoms with van der Waals surface area (Å²) in [5, 5.41) is 9.66. The van der Waals surface area contributed by atoms with Gasteiger partial charge in [-0.15, -0.1) is 10.2 Å². The Kier molecular flexibility index (Phi) is 4.53. The van der Waals surface area contributed by atoms with Crippen LogP contribution in [0.4, 0.5) is 0 Å². The zero-order valence-corrected chi connectivity index (χ0v) is 13.5. The van der Waals surface area contributed by atoms with Gasteiger partial charge in [0.15, 0.2) is 11.0 Å². The number of hydrogen-bond acceptors (Lipinski definition) is 4. The molecule has 2 heterocycles. The normalized spacial score (nSPS) is 10.8. The summed E-state index contributed by atoms with van der Waals surface area (Å²) in [4.78, 5) is 4.05. The minimum atomic E-state index is 0.848. The van der Waals surface area contributed by atoms with Gasteiger partial charge < -0.3 is 4.57 Å². The maximum Gasteiger partial charge on any atom is 0.191 e. The molecule has 0 amide bonds. The zero-order valence-electron chi connectivity index (χ0n) is 12.7. The van der Waals surface area contributed by atoms with Crippen LogP contribution in [-0.4, -0.2) is 19.7 Å². The van der Waals surface area contributed by atoms with Gasteiger partial charge >= 0.3 is 0 Å². The molecule has 5 heteroatoms. The molecule has 0 bridgehead atoms. The lowest BCUT2D eigenvalue weighted by Crippen LogP contribution is -2.00. The third kappa shape index (κ3) is 3.20. The number of pyridine rings is 1. The first-order valence-electron chi connectivity index (χ1n) is 7.30. The summed E-state index contributed by atoms with van der Waals surface area (Å²) in [5.74, 6) is 1.80. The van der Waals surface area contributed by atoms with Crippen molar-refractivity contribution in [3.05, 3.63) is 59.9 Å². The van der Waals surface area contributed by atoms with E-state index in [0.717, 1.165) is 28.8 Å². The van der Waals surface area contributed by atoms with E-state index in [1.807, 2.05) is 12.1 Å². The summed E-state index contributed by atoms with van der Waals surface area (Å²) in [6, 6.07) is 12.5. The van der Waals surface area contributed by atoms with Crippen LogP contribution >= 0.6 is 11.8 Å². The summed E-state index contributed by atoms with van der Waals surface area (Å²) in [6.07, 6.45) is 3.56. The van der Waals surface area contributed by atoms with Crippen molar-refractivity contribution < 1.29 is 0 Å². The molecule has 22 heavy (non-hydrogen) atoms. The molecule has 0 aliphatic heterocycles. The van der Waals surface area contributed by atoms with Crippen LogP contribution in [0.2, 0.25) is 0 Å². The molecular weight excluding hydrogens is 292 g/mol. The van der Waals surface area contributed by atoms with Gasteiger partial charge in [-0.3, -0.25) is 4.98 Å². The Morgan fingerprint density at radius 2 is 1.91 bits per heavy atom. The largest absolute Gasteiger partial charge is 0.302 e. The van der Waals surface area contributed by atoms with E-state index in [9.17, 15) is 0 Å². The van der Waals surface area contributed by atoms with Gasteiger partial charge in [0.1, 0.15) is 0 Å². The van der Waals surface area contributed by atoms with Gasteiger partial charge in [0.25, 0.3) is 0 Å². The van der Waals surface area contributed by atoms with Crippen LogP contribution in [0.1, 0.15) is 18.1 Å². The highest BCUT2D eigenvalue weighted by atomic mass is 32.2.